The molecule has 3 rings (SSSR count). The number of amides is 2. The van der Waals surface area contributed by atoms with E-state index in [-0.39, 0.29) is 22.8 Å². The first-order chi connectivity index (χ1) is 18.5. The number of esters is 1. The summed E-state index contributed by atoms with van der Waals surface area (Å²) in [4.78, 5) is 48.0. The Morgan fingerprint density at radius 3 is 2.08 bits per heavy atom. The van der Waals surface area contributed by atoms with Crippen molar-refractivity contribution in [1.29, 1.82) is 0 Å². The van der Waals surface area contributed by atoms with Gasteiger partial charge in [0.2, 0.25) is 0 Å². The van der Waals surface area contributed by atoms with Gasteiger partial charge >= 0.3 is 12.1 Å². The second kappa shape index (κ2) is 12.6. The zero-order chi connectivity index (χ0) is 28.6. The number of ether oxygens (including phenoxy) is 3. The van der Waals surface area contributed by atoms with Crippen molar-refractivity contribution in [2.75, 3.05) is 31.0 Å². The van der Waals surface area contributed by atoms with Crippen LogP contribution in [0.2, 0.25) is 0 Å². The highest BCUT2D eigenvalue weighted by Crippen LogP contribution is 2.34. The van der Waals surface area contributed by atoms with E-state index in [0.29, 0.717) is 11.3 Å². The minimum absolute atomic E-state index is 0.0152. The molecule has 0 radical (unpaired) electrons. The van der Waals surface area contributed by atoms with Crippen LogP contribution in [0, 0.1) is 0 Å². The van der Waals surface area contributed by atoms with Gasteiger partial charge in [-0.05, 0) is 61.5 Å². The number of hydrogen-bond acceptors (Lipinski definition) is 7. The SMILES string of the molecule is COc1cc(C(=O)OCC(=O)Nc2ccc(C(C)=O)cc2)ccc1OCC(=O)Nc1ccccc1C(F)(F)F. The van der Waals surface area contributed by atoms with E-state index in [2.05, 4.69) is 10.6 Å². The molecule has 39 heavy (non-hydrogen) atoms. The maximum atomic E-state index is 13.1. The summed E-state index contributed by atoms with van der Waals surface area (Å²) in [5, 5.41) is 4.69. The van der Waals surface area contributed by atoms with Gasteiger partial charge in [-0.25, -0.2) is 4.79 Å². The van der Waals surface area contributed by atoms with Gasteiger partial charge in [0.1, 0.15) is 0 Å². The molecule has 0 aliphatic carbocycles. The second-order valence-electron chi connectivity index (χ2n) is 8.00. The molecule has 0 saturated heterocycles. The van der Waals surface area contributed by atoms with E-state index in [1.165, 1.54) is 56.5 Å². The van der Waals surface area contributed by atoms with Gasteiger partial charge in [0.05, 0.1) is 23.9 Å². The Morgan fingerprint density at radius 1 is 0.795 bits per heavy atom. The van der Waals surface area contributed by atoms with Crippen molar-refractivity contribution in [3.63, 3.8) is 0 Å². The molecule has 9 nitrogen and oxygen atoms in total. The number of anilines is 2. The van der Waals surface area contributed by atoms with Crippen molar-refractivity contribution in [1.82, 2.24) is 0 Å². The zero-order valence-corrected chi connectivity index (χ0v) is 20.8. The van der Waals surface area contributed by atoms with Crippen LogP contribution < -0.4 is 20.1 Å². The third kappa shape index (κ3) is 8.06. The number of hydrogen-bond donors (Lipinski definition) is 2. The quantitative estimate of drug-likeness (QED) is 0.280. The molecule has 12 heteroatoms. The number of carbonyl (C=O) groups is 4. The lowest BCUT2D eigenvalue weighted by Gasteiger charge is -2.15. The first kappa shape index (κ1) is 28.7. The summed E-state index contributed by atoms with van der Waals surface area (Å²) in [6.07, 6.45) is -4.65. The standard InChI is InChI=1S/C27H23F3N2O7/c1-16(33)17-7-10-19(11-8-17)31-24(34)15-39-26(36)18-9-12-22(23(13-18)37-2)38-14-25(35)32-21-6-4-3-5-20(21)27(28,29)30/h3-13H,14-15H2,1-2H3,(H,31,34)(H,32,35). The van der Waals surface area contributed by atoms with Crippen molar-refractivity contribution >= 4 is 34.9 Å². The fraction of sp³-hybridized carbons (Fsp3) is 0.185. The van der Waals surface area contributed by atoms with Crippen molar-refractivity contribution < 1.29 is 46.6 Å². The molecular weight excluding hydrogens is 521 g/mol. The summed E-state index contributed by atoms with van der Waals surface area (Å²) in [5.74, 6) is -2.33. The van der Waals surface area contributed by atoms with Crippen LogP contribution in [0.4, 0.5) is 24.5 Å². The lowest BCUT2D eigenvalue weighted by atomic mass is 10.1. The number of alkyl halides is 3. The average Bonchev–Trinajstić information content (AvgIpc) is 2.90. The molecular formula is C27H23F3N2O7. The Kier molecular flexibility index (Phi) is 9.26. The van der Waals surface area contributed by atoms with Crippen molar-refractivity contribution in [3.8, 4) is 11.5 Å². The van der Waals surface area contributed by atoms with Crippen LogP contribution >= 0.6 is 0 Å². The van der Waals surface area contributed by atoms with Crippen LogP contribution in [0.3, 0.4) is 0 Å². The zero-order valence-electron chi connectivity index (χ0n) is 20.8. The van der Waals surface area contributed by atoms with E-state index in [1.54, 1.807) is 12.1 Å². The van der Waals surface area contributed by atoms with Gasteiger partial charge in [-0.2, -0.15) is 13.2 Å². The predicted octanol–water partition coefficient (Wildman–Crippen LogP) is 4.73. The summed E-state index contributed by atoms with van der Waals surface area (Å²) >= 11 is 0. The van der Waals surface area contributed by atoms with E-state index >= 15 is 0 Å². The van der Waals surface area contributed by atoms with Crippen LogP contribution in [0.5, 0.6) is 11.5 Å². The molecule has 0 heterocycles. The lowest BCUT2D eigenvalue weighted by molar-refractivity contribution is -0.137. The van der Waals surface area contributed by atoms with Crippen LogP contribution in [0.15, 0.2) is 66.7 Å². The number of Topliss-reactive ketones (excluding diaryl/α,β-unsaturated/α-hetero) is 1. The molecule has 0 saturated carbocycles. The summed E-state index contributed by atoms with van der Waals surface area (Å²) < 4.78 is 54.9. The first-order valence-corrected chi connectivity index (χ1v) is 11.3. The molecule has 3 aromatic carbocycles. The summed E-state index contributed by atoms with van der Waals surface area (Å²) in [7, 11) is 1.28. The molecule has 0 atom stereocenters. The fourth-order valence-electron chi connectivity index (χ4n) is 3.28. The number of rotatable bonds is 10. The fourth-order valence-corrected chi connectivity index (χ4v) is 3.28. The number of halogens is 3. The topological polar surface area (TPSA) is 120 Å². The molecule has 2 N–H and O–H groups in total. The van der Waals surface area contributed by atoms with Crippen molar-refractivity contribution in [3.05, 3.63) is 83.4 Å². The van der Waals surface area contributed by atoms with Gasteiger partial charge in [0, 0.05) is 11.3 Å². The maximum Gasteiger partial charge on any atom is 0.418 e. The van der Waals surface area contributed by atoms with E-state index in [0.717, 1.165) is 12.1 Å². The summed E-state index contributed by atoms with van der Waals surface area (Å²) in [5.41, 5.74) is -0.510. The Labute approximate surface area is 220 Å². The van der Waals surface area contributed by atoms with Crippen LogP contribution in [0.1, 0.15) is 33.2 Å². The third-order valence-electron chi connectivity index (χ3n) is 5.17. The Morgan fingerprint density at radius 2 is 1.44 bits per heavy atom. The van der Waals surface area contributed by atoms with Crippen LogP contribution in [-0.4, -0.2) is 43.9 Å². The highest BCUT2D eigenvalue weighted by molar-refractivity contribution is 5.97. The summed E-state index contributed by atoms with van der Waals surface area (Å²) in [6, 6.07) is 14.5. The predicted molar refractivity (Wildman–Crippen MR) is 134 cm³/mol. The minimum Gasteiger partial charge on any atom is -0.493 e. The van der Waals surface area contributed by atoms with Crippen LogP contribution in [-0.2, 0) is 20.5 Å². The maximum absolute atomic E-state index is 13.1. The molecule has 3 aromatic rings. The molecule has 0 aliphatic rings. The number of benzene rings is 3. The normalized spacial score (nSPS) is 10.8. The van der Waals surface area contributed by atoms with E-state index in [1.807, 2.05) is 0 Å². The van der Waals surface area contributed by atoms with Gasteiger partial charge in [0.15, 0.2) is 30.5 Å². The monoisotopic (exact) mass is 544 g/mol. The van der Waals surface area contributed by atoms with E-state index < -0.39 is 48.4 Å². The minimum atomic E-state index is -4.65. The van der Waals surface area contributed by atoms with Crippen molar-refractivity contribution in [2.24, 2.45) is 0 Å². The number of nitrogens with one attached hydrogen (secondary N) is 2. The highest BCUT2D eigenvalue weighted by Gasteiger charge is 2.33. The number of methoxy groups -OCH3 is 1. The average molecular weight is 544 g/mol. The molecule has 0 fully saturated rings. The Bertz CT molecular complexity index is 1370. The highest BCUT2D eigenvalue weighted by atomic mass is 19.4. The smallest absolute Gasteiger partial charge is 0.418 e. The number of carbonyl (C=O) groups excluding carboxylic acids is 4. The number of para-hydroxylation sites is 1. The first-order valence-electron chi connectivity index (χ1n) is 11.3. The van der Waals surface area contributed by atoms with Gasteiger partial charge in [-0.15, -0.1) is 0 Å². The van der Waals surface area contributed by atoms with E-state index in [4.69, 9.17) is 14.2 Å². The lowest BCUT2D eigenvalue weighted by Crippen LogP contribution is -2.22. The summed E-state index contributed by atoms with van der Waals surface area (Å²) in [6.45, 7) is 0.187. The van der Waals surface area contributed by atoms with Crippen molar-refractivity contribution in [2.45, 2.75) is 13.1 Å². The van der Waals surface area contributed by atoms with Gasteiger partial charge < -0.3 is 24.8 Å². The van der Waals surface area contributed by atoms with Gasteiger partial charge in [0.25, 0.3) is 11.8 Å². The second-order valence-corrected chi connectivity index (χ2v) is 8.00. The van der Waals surface area contributed by atoms with Gasteiger partial charge in [-0.3, -0.25) is 14.4 Å². The van der Waals surface area contributed by atoms with Crippen LogP contribution in [0.25, 0.3) is 0 Å². The largest absolute Gasteiger partial charge is 0.493 e. The molecule has 0 spiro atoms. The Hall–Kier alpha value is -4.87. The molecule has 0 unspecified atom stereocenters. The Balaban J connectivity index is 1.55. The molecule has 0 bridgehead atoms. The molecule has 204 valence electrons. The molecule has 2 amide bonds. The molecule has 0 aromatic heterocycles. The number of ketones is 1. The third-order valence-corrected chi connectivity index (χ3v) is 5.17. The van der Waals surface area contributed by atoms with Gasteiger partial charge in [-0.1, -0.05) is 12.1 Å². The molecule has 0 aliphatic heterocycles. The van der Waals surface area contributed by atoms with E-state index in [9.17, 15) is 32.3 Å².